The van der Waals surface area contributed by atoms with Crippen LogP contribution in [0.1, 0.15) is 31.2 Å². The maximum absolute atomic E-state index is 8.97. The highest BCUT2D eigenvalue weighted by Crippen LogP contribution is 2.25. The van der Waals surface area contributed by atoms with Crippen LogP contribution in [-0.2, 0) is 0 Å². The summed E-state index contributed by atoms with van der Waals surface area (Å²) >= 11 is 0. The molecule has 0 aliphatic heterocycles. The fourth-order valence-electron chi connectivity index (χ4n) is 2.49. The normalized spacial score (nSPS) is 15.5. The highest BCUT2D eigenvalue weighted by molar-refractivity contribution is 5.31. The number of nitrogens with zero attached hydrogens (tertiary/aromatic N) is 1. The lowest BCUT2D eigenvalue weighted by Crippen LogP contribution is -2.43. The number of hydrogen-bond donors (Lipinski definition) is 1. The Morgan fingerprint density at radius 1 is 1.26 bits per heavy atom. The Labute approximate surface area is 116 Å². The van der Waals surface area contributed by atoms with Gasteiger partial charge < -0.3 is 9.84 Å². The molecule has 0 radical (unpaired) electrons. The molecule has 1 saturated carbocycles. The Bertz CT molecular complexity index is 377. The predicted molar refractivity (Wildman–Crippen MR) is 77.6 cm³/mol. The van der Waals surface area contributed by atoms with Gasteiger partial charge in [0.25, 0.3) is 0 Å². The molecule has 0 saturated heterocycles. The molecule has 2 rings (SSSR count). The van der Waals surface area contributed by atoms with E-state index < -0.39 is 0 Å². The Balaban J connectivity index is 1.76. The molecular weight excluding hydrogens is 238 g/mol. The average molecular weight is 263 g/mol. The fourth-order valence-corrected chi connectivity index (χ4v) is 2.49. The number of aryl methyl sites for hydroxylation is 1. The minimum atomic E-state index is 0.280. The second-order valence-electron chi connectivity index (χ2n) is 5.31. The Hall–Kier alpha value is -1.06. The van der Waals surface area contributed by atoms with Gasteiger partial charge in [0.05, 0.1) is 0 Å². The molecule has 3 heteroatoms. The summed E-state index contributed by atoms with van der Waals surface area (Å²) in [6.45, 7) is 5.02. The molecule has 0 unspecified atom stereocenters. The number of hydrogen-bond acceptors (Lipinski definition) is 3. The van der Waals surface area contributed by atoms with Gasteiger partial charge in [-0.25, -0.2) is 0 Å². The SMILES string of the molecule is Cc1ccccc1OCCN(CCCO)C1CCC1. The van der Waals surface area contributed by atoms with E-state index in [1.807, 2.05) is 18.2 Å². The largest absolute Gasteiger partial charge is 0.492 e. The molecule has 0 spiro atoms. The molecule has 106 valence electrons. The number of rotatable bonds is 8. The second-order valence-corrected chi connectivity index (χ2v) is 5.31. The average Bonchev–Trinajstić information content (AvgIpc) is 2.35. The number of aliphatic hydroxyl groups is 1. The van der Waals surface area contributed by atoms with Crippen molar-refractivity contribution in [1.29, 1.82) is 0 Å². The molecule has 0 heterocycles. The summed E-state index contributed by atoms with van der Waals surface area (Å²) in [4.78, 5) is 2.47. The Morgan fingerprint density at radius 3 is 2.68 bits per heavy atom. The molecule has 3 nitrogen and oxygen atoms in total. The van der Waals surface area contributed by atoms with Gasteiger partial charge in [-0.1, -0.05) is 24.6 Å². The first-order chi connectivity index (χ1) is 9.31. The van der Waals surface area contributed by atoms with Crippen LogP contribution in [0.3, 0.4) is 0 Å². The molecule has 1 aliphatic carbocycles. The van der Waals surface area contributed by atoms with E-state index >= 15 is 0 Å². The van der Waals surface area contributed by atoms with Crippen LogP contribution in [0.5, 0.6) is 5.75 Å². The van der Waals surface area contributed by atoms with Crippen molar-refractivity contribution in [3.05, 3.63) is 29.8 Å². The van der Waals surface area contributed by atoms with Gasteiger partial charge in [-0.05, 0) is 37.8 Å². The van der Waals surface area contributed by atoms with Crippen LogP contribution < -0.4 is 4.74 Å². The molecule has 1 N–H and O–H groups in total. The summed E-state index contributed by atoms with van der Waals surface area (Å²) in [5.41, 5.74) is 1.19. The first kappa shape index (κ1) is 14.4. The zero-order valence-corrected chi connectivity index (χ0v) is 11.8. The molecule has 1 fully saturated rings. The van der Waals surface area contributed by atoms with Crippen molar-refractivity contribution in [3.8, 4) is 5.75 Å². The van der Waals surface area contributed by atoms with E-state index in [2.05, 4.69) is 17.9 Å². The third-order valence-corrected chi connectivity index (χ3v) is 3.92. The van der Waals surface area contributed by atoms with E-state index in [0.29, 0.717) is 6.04 Å². The van der Waals surface area contributed by atoms with Gasteiger partial charge in [0.1, 0.15) is 12.4 Å². The van der Waals surface area contributed by atoms with Gasteiger partial charge in [0.15, 0.2) is 0 Å². The maximum Gasteiger partial charge on any atom is 0.122 e. The lowest BCUT2D eigenvalue weighted by molar-refractivity contribution is 0.0983. The summed E-state index contributed by atoms with van der Waals surface area (Å²) in [5.74, 6) is 0.984. The van der Waals surface area contributed by atoms with Crippen LogP contribution >= 0.6 is 0 Å². The molecule has 0 amide bonds. The van der Waals surface area contributed by atoms with Crippen molar-refractivity contribution in [2.24, 2.45) is 0 Å². The predicted octanol–water partition coefficient (Wildman–Crippen LogP) is 2.61. The third-order valence-electron chi connectivity index (χ3n) is 3.92. The van der Waals surface area contributed by atoms with Crippen LogP contribution in [0.25, 0.3) is 0 Å². The van der Waals surface area contributed by atoms with Gasteiger partial charge in [-0.2, -0.15) is 0 Å². The summed E-state index contributed by atoms with van der Waals surface area (Å²) in [6.07, 6.45) is 4.81. The minimum Gasteiger partial charge on any atom is -0.492 e. The Morgan fingerprint density at radius 2 is 2.05 bits per heavy atom. The summed E-state index contributed by atoms with van der Waals surface area (Å²) < 4.78 is 5.86. The maximum atomic E-state index is 8.97. The van der Waals surface area contributed by atoms with Crippen molar-refractivity contribution < 1.29 is 9.84 Å². The smallest absolute Gasteiger partial charge is 0.122 e. The van der Waals surface area contributed by atoms with Gasteiger partial charge in [0.2, 0.25) is 0 Å². The molecule has 0 atom stereocenters. The first-order valence-electron chi connectivity index (χ1n) is 7.34. The van der Waals surface area contributed by atoms with E-state index in [9.17, 15) is 0 Å². The van der Waals surface area contributed by atoms with Crippen LogP contribution in [0.15, 0.2) is 24.3 Å². The van der Waals surface area contributed by atoms with Gasteiger partial charge >= 0.3 is 0 Å². The fraction of sp³-hybridized carbons (Fsp3) is 0.625. The molecule has 1 aromatic carbocycles. The van der Waals surface area contributed by atoms with Crippen LogP contribution in [-0.4, -0.2) is 42.4 Å². The zero-order chi connectivity index (χ0) is 13.5. The topological polar surface area (TPSA) is 32.7 Å². The van der Waals surface area contributed by atoms with Crippen LogP contribution in [0.2, 0.25) is 0 Å². The molecule has 1 aromatic rings. The number of para-hydroxylation sites is 1. The number of ether oxygens (including phenoxy) is 1. The lowest BCUT2D eigenvalue weighted by atomic mass is 9.91. The van der Waals surface area contributed by atoms with Crippen molar-refractivity contribution in [1.82, 2.24) is 4.90 Å². The van der Waals surface area contributed by atoms with E-state index in [4.69, 9.17) is 9.84 Å². The summed E-state index contributed by atoms with van der Waals surface area (Å²) in [7, 11) is 0. The monoisotopic (exact) mass is 263 g/mol. The Kier molecular flexibility index (Phi) is 5.67. The number of benzene rings is 1. The standard InChI is InChI=1S/C16H25NO2/c1-14-6-2-3-9-16(14)19-13-11-17(10-5-12-18)15-7-4-8-15/h2-3,6,9,15,18H,4-5,7-8,10-13H2,1H3. The second kappa shape index (κ2) is 7.51. The lowest BCUT2D eigenvalue weighted by Gasteiger charge is -2.37. The summed E-state index contributed by atoms with van der Waals surface area (Å²) in [6, 6.07) is 8.86. The van der Waals surface area contributed by atoms with Crippen molar-refractivity contribution in [2.45, 2.75) is 38.6 Å². The number of aliphatic hydroxyl groups excluding tert-OH is 1. The quantitative estimate of drug-likeness (QED) is 0.782. The van der Waals surface area contributed by atoms with Crippen molar-refractivity contribution in [3.63, 3.8) is 0 Å². The highest BCUT2D eigenvalue weighted by Gasteiger charge is 2.24. The van der Waals surface area contributed by atoms with Crippen molar-refractivity contribution >= 4 is 0 Å². The zero-order valence-electron chi connectivity index (χ0n) is 11.8. The highest BCUT2D eigenvalue weighted by atomic mass is 16.5. The molecule has 1 aliphatic rings. The molecule has 19 heavy (non-hydrogen) atoms. The van der Waals surface area contributed by atoms with E-state index in [0.717, 1.165) is 31.9 Å². The van der Waals surface area contributed by atoms with E-state index in [-0.39, 0.29) is 6.61 Å². The summed E-state index contributed by atoms with van der Waals surface area (Å²) in [5, 5.41) is 8.97. The molecule has 0 bridgehead atoms. The minimum absolute atomic E-state index is 0.280. The molecular formula is C16H25NO2. The van der Waals surface area contributed by atoms with Crippen LogP contribution in [0, 0.1) is 6.92 Å². The van der Waals surface area contributed by atoms with Crippen molar-refractivity contribution in [2.75, 3.05) is 26.3 Å². The van der Waals surface area contributed by atoms with Gasteiger partial charge in [-0.15, -0.1) is 0 Å². The van der Waals surface area contributed by atoms with Crippen LogP contribution in [0.4, 0.5) is 0 Å². The van der Waals surface area contributed by atoms with Gasteiger partial charge in [0, 0.05) is 25.7 Å². The molecule has 0 aromatic heterocycles. The van der Waals surface area contributed by atoms with Gasteiger partial charge in [-0.3, -0.25) is 4.90 Å². The third kappa shape index (κ3) is 4.22. The van der Waals surface area contributed by atoms with E-state index in [1.165, 1.54) is 24.8 Å². The first-order valence-corrected chi connectivity index (χ1v) is 7.34. The van der Waals surface area contributed by atoms with E-state index in [1.54, 1.807) is 0 Å².